The minimum absolute atomic E-state index is 0.277. The van der Waals surface area contributed by atoms with Crippen molar-refractivity contribution in [2.24, 2.45) is 0 Å². The van der Waals surface area contributed by atoms with E-state index in [2.05, 4.69) is 8.75 Å². The van der Waals surface area contributed by atoms with Crippen molar-refractivity contribution < 1.29 is 9.47 Å². The Morgan fingerprint density at radius 3 is 2.44 bits per heavy atom. The van der Waals surface area contributed by atoms with Gasteiger partial charge in [-0.25, -0.2) is 0 Å². The maximum absolute atomic E-state index is 5.76. The first kappa shape index (κ1) is 11.2. The first-order valence-electron chi connectivity index (χ1n) is 4.68. The van der Waals surface area contributed by atoms with Crippen molar-refractivity contribution in [2.45, 2.75) is 6.92 Å². The second-order valence-electron chi connectivity index (χ2n) is 2.87. The van der Waals surface area contributed by atoms with Crippen LogP contribution in [0.1, 0.15) is 6.92 Å². The van der Waals surface area contributed by atoms with E-state index in [0.717, 1.165) is 17.5 Å². The van der Waals surface area contributed by atoms with Crippen LogP contribution in [0.2, 0.25) is 5.15 Å². The summed E-state index contributed by atoms with van der Waals surface area (Å²) in [5.41, 5.74) is 0. The topological polar surface area (TPSA) is 44.2 Å². The molecule has 0 saturated heterocycles. The molecule has 0 saturated carbocycles. The smallest absolute Gasteiger partial charge is 0.270 e. The highest BCUT2D eigenvalue weighted by atomic mass is 35.5. The second-order valence-corrected chi connectivity index (χ2v) is 3.75. The monoisotopic (exact) mass is 256 g/mol. The highest BCUT2D eigenvalue weighted by molar-refractivity contribution is 6.99. The van der Waals surface area contributed by atoms with Crippen molar-refractivity contribution in [1.82, 2.24) is 8.75 Å². The summed E-state index contributed by atoms with van der Waals surface area (Å²) in [6, 6.07) is 7.24. The Morgan fingerprint density at radius 2 is 1.88 bits per heavy atom. The normalized spacial score (nSPS) is 10.1. The molecule has 0 aliphatic carbocycles. The van der Waals surface area contributed by atoms with E-state index in [9.17, 15) is 0 Å². The standard InChI is InChI=1S/C10H9ClN2O2S/c1-2-14-7-3-5-8(6-4-7)15-10-9(11)12-16-13-10/h3-6H,2H2,1H3. The maximum Gasteiger partial charge on any atom is 0.270 e. The second kappa shape index (κ2) is 5.14. The summed E-state index contributed by atoms with van der Waals surface area (Å²) in [7, 11) is 0. The summed E-state index contributed by atoms with van der Waals surface area (Å²) in [6.45, 7) is 2.58. The quantitative estimate of drug-likeness (QED) is 0.841. The van der Waals surface area contributed by atoms with E-state index in [0.29, 0.717) is 18.2 Å². The fourth-order valence-electron chi connectivity index (χ4n) is 1.11. The van der Waals surface area contributed by atoms with Gasteiger partial charge in [-0.05, 0) is 31.2 Å². The van der Waals surface area contributed by atoms with Gasteiger partial charge in [0, 0.05) is 0 Å². The summed E-state index contributed by atoms with van der Waals surface area (Å²) in [5, 5.41) is 0.277. The van der Waals surface area contributed by atoms with Crippen LogP contribution in [0.15, 0.2) is 24.3 Å². The number of benzene rings is 1. The molecule has 16 heavy (non-hydrogen) atoms. The highest BCUT2D eigenvalue weighted by Gasteiger charge is 2.07. The highest BCUT2D eigenvalue weighted by Crippen LogP contribution is 2.27. The predicted octanol–water partition coefficient (Wildman–Crippen LogP) is 3.38. The van der Waals surface area contributed by atoms with E-state index >= 15 is 0 Å². The molecule has 0 bridgehead atoms. The number of ether oxygens (including phenoxy) is 2. The van der Waals surface area contributed by atoms with Crippen molar-refractivity contribution in [3.05, 3.63) is 29.4 Å². The van der Waals surface area contributed by atoms with Crippen LogP contribution < -0.4 is 9.47 Å². The first-order valence-corrected chi connectivity index (χ1v) is 5.79. The number of hydrogen-bond donors (Lipinski definition) is 0. The third-order valence-corrected chi connectivity index (χ3v) is 2.63. The fraction of sp³-hybridized carbons (Fsp3) is 0.200. The van der Waals surface area contributed by atoms with Gasteiger partial charge < -0.3 is 9.47 Å². The van der Waals surface area contributed by atoms with Crippen molar-refractivity contribution in [3.63, 3.8) is 0 Å². The minimum atomic E-state index is 0.277. The Labute approximate surface area is 102 Å². The molecule has 6 heteroatoms. The molecule has 0 atom stereocenters. The summed E-state index contributed by atoms with van der Waals surface area (Å²) in [6.07, 6.45) is 0. The predicted molar refractivity (Wildman–Crippen MR) is 62.6 cm³/mol. The van der Waals surface area contributed by atoms with E-state index in [1.54, 1.807) is 12.1 Å². The summed E-state index contributed by atoms with van der Waals surface area (Å²) in [5.74, 6) is 1.78. The van der Waals surface area contributed by atoms with Gasteiger partial charge in [0.2, 0.25) is 5.15 Å². The van der Waals surface area contributed by atoms with Gasteiger partial charge in [-0.15, -0.1) is 4.37 Å². The summed E-state index contributed by atoms with van der Waals surface area (Å²) in [4.78, 5) is 0. The van der Waals surface area contributed by atoms with Crippen molar-refractivity contribution in [1.29, 1.82) is 0 Å². The van der Waals surface area contributed by atoms with Crippen molar-refractivity contribution in [3.8, 4) is 17.4 Å². The molecule has 1 heterocycles. The number of hydrogen-bond acceptors (Lipinski definition) is 5. The van der Waals surface area contributed by atoms with Crippen LogP contribution in [0, 0.1) is 0 Å². The van der Waals surface area contributed by atoms with Gasteiger partial charge in [0.15, 0.2) is 0 Å². The molecule has 2 rings (SSSR count). The molecule has 1 aromatic carbocycles. The van der Waals surface area contributed by atoms with Crippen LogP contribution >= 0.6 is 23.3 Å². The molecule has 0 unspecified atom stereocenters. The average molecular weight is 257 g/mol. The lowest BCUT2D eigenvalue weighted by atomic mass is 10.3. The SMILES string of the molecule is CCOc1ccc(Oc2nsnc2Cl)cc1. The van der Waals surface area contributed by atoms with Gasteiger partial charge in [-0.1, -0.05) is 11.6 Å². The van der Waals surface area contributed by atoms with E-state index in [4.69, 9.17) is 21.1 Å². The number of halogens is 1. The molecular weight excluding hydrogens is 248 g/mol. The lowest BCUT2D eigenvalue weighted by Gasteiger charge is -2.04. The van der Waals surface area contributed by atoms with Crippen LogP contribution in [0.4, 0.5) is 0 Å². The van der Waals surface area contributed by atoms with Crippen LogP contribution in [0.25, 0.3) is 0 Å². The summed E-state index contributed by atoms with van der Waals surface area (Å²) < 4.78 is 18.5. The van der Waals surface area contributed by atoms with Crippen molar-refractivity contribution in [2.75, 3.05) is 6.61 Å². The molecule has 0 spiro atoms. The van der Waals surface area contributed by atoms with E-state index in [1.165, 1.54) is 0 Å². The molecule has 0 N–H and O–H groups in total. The first-order chi connectivity index (χ1) is 7.79. The Hall–Kier alpha value is -1.33. The Morgan fingerprint density at radius 1 is 1.19 bits per heavy atom. The van der Waals surface area contributed by atoms with Gasteiger partial charge in [0.05, 0.1) is 18.3 Å². The molecule has 4 nitrogen and oxygen atoms in total. The summed E-state index contributed by atoms with van der Waals surface area (Å²) >= 11 is 6.77. The lowest BCUT2D eigenvalue weighted by molar-refractivity contribution is 0.339. The molecule has 0 amide bonds. The van der Waals surface area contributed by atoms with E-state index < -0.39 is 0 Å². The molecule has 2 aromatic rings. The zero-order valence-electron chi connectivity index (χ0n) is 8.51. The van der Waals surface area contributed by atoms with Gasteiger partial charge in [0.25, 0.3) is 5.88 Å². The zero-order valence-corrected chi connectivity index (χ0v) is 10.1. The van der Waals surface area contributed by atoms with Gasteiger partial charge in [0.1, 0.15) is 11.5 Å². The third kappa shape index (κ3) is 2.62. The van der Waals surface area contributed by atoms with Crippen LogP contribution in [-0.2, 0) is 0 Å². The van der Waals surface area contributed by atoms with Crippen LogP contribution in [0.5, 0.6) is 17.4 Å². The van der Waals surface area contributed by atoms with E-state index in [-0.39, 0.29) is 5.15 Å². The minimum Gasteiger partial charge on any atom is -0.494 e. The van der Waals surface area contributed by atoms with Gasteiger partial charge in [-0.2, -0.15) is 4.37 Å². The molecule has 0 radical (unpaired) electrons. The zero-order chi connectivity index (χ0) is 11.4. The molecule has 1 aromatic heterocycles. The Bertz CT molecular complexity index is 458. The number of nitrogens with zero attached hydrogens (tertiary/aromatic N) is 2. The third-order valence-electron chi connectivity index (χ3n) is 1.77. The fourth-order valence-corrected chi connectivity index (χ4v) is 1.73. The number of aromatic nitrogens is 2. The lowest BCUT2D eigenvalue weighted by Crippen LogP contribution is -1.91. The van der Waals surface area contributed by atoms with Gasteiger partial charge in [-0.3, -0.25) is 0 Å². The van der Waals surface area contributed by atoms with E-state index in [1.807, 2.05) is 19.1 Å². The Kier molecular flexibility index (Phi) is 3.58. The van der Waals surface area contributed by atoms with Crippen LogP contribution in [-0.4, -0.2) is 15.4 Å². The Balaban J connectivity index is 2.08. The molecule has 0 aliphatic rings. The molecular formula is C10H9ClN2O2S. The van der Waals surface area contributed by atoms with Crippen LogP contribution in [0.3, 0.4) is 0 Å². The largest absolute Gasteiger partial charge is 0.494 e. The van der Waals surface area contributed by atoms with Gasteiger partial charge >= 0.3 is 0 Å². The average Bonchev–Trinajstić information content (AvgIpc) is 2.68. The number of rotatable bonds is 4. The van der Waals surface area contributed by atoms with Crippen molar-refractivity contribution >= 4 is 23.3 Å². The molecule has 0 fully saturated rings. The maximum atomic E-state index is 5.76. The molecule has 0 aliphatic heterocycles. The molecule has 84 valence electrons.